The number of benzene rings is 1. The molecule has 0 saturated carbocycles. The molecule has 1 saturated heterocycles. The van der Waals surface area contributed by atoms with E-state index in [9.17, 15) is 8.42 Å². The van der Waals surface area contributed by atoms with Gasteiger partial charge in [-0.25, -0.2) is 8.42 Å². The number of sulfone groups is 1. The molecule has 0 aromatic heterocycles. The van der Waals surface area contributed by atoms with E-state index in [1.54, 1.807) is 0 Å². The van der Waals surface area contributed by atoms with Crippen LogP contribution in [0.4, 0.5) is 0 Å². The Kier molecular flexibility index (Phi) is 3.84. The molecule has 1 fully saturated rings. The van der Waals surface area contributed by atoms with Crippen molar-refractivity contribution in [2.24, 2.45) is 5.92 Å². The second kappa shape index (κ2) is 5.19. The van der Waals surface area contributed by atoms with Gasteiger partial charge < -0.3 is 5.32 Å². The Bertz CT molecular complexity index is 465. The van der Waals surface area contributed by atoms with Crippen LogP contribution in [-0.4, -0.2) is 26.5 Å². The summed E-state index contributed by atoms with van der Waals surface area (Å²) in [4.78, 5) is 0. The molecule has 1 heterocycles. The first-order chi connectivity index (χ1) is 8.05. The number of nitrogens with one attached hydrogen (secondary N) is 1. The van der Waals surface area contributed by atoms with Gasteiger partial charge in [0.15, 0.2) is 9.84 Å². The first kappa shape index (κ1) is 12.6. The molecule has 1 unspecified atom stereocenters. The molecular weight excluding hydrogens is 234 g/mol. The molecule has 1 N–H and O–H groups in total. The lowest BCUT2D eigenvalue weighted by molar-refractivity contribution is 0.521. The fraction of sp³-hybridized carbons (Fsp3) is 0.538. The van der Waals surface area contributed by atoms with Crippen LogP contribution < -0.4 is 5.32 Å². The van der Waals surface area contributed by atoms with E-state index in [2.05, 4.69) is 36.5 Å². The summed E-state index contributed by atoms with van der Waals surface area (Å²) >= 11 is 0. The Morgan fingerprint density at radius 3 is 2.59 bits per heavy atom. The standard InChI is InChI=1S/C13H19NO2S/c1-11-2-4-12(5-3-11)8-14-9-13-6-7-17(15,16)10-13/h2-5,13-14H,6-10H2,1H3. The lowest BCUT2D eigenvalue weighted by atomic mass is 10.1. The Morgan fingerprint density at radius 2 is 2.00 bits per heavy atom. The highest BCUT2D eigenvalue weighted by molar-refractivity contribution is 7.91. The molecule has 4 heteroatoms. The predicted molar refractivity (Wildman–Crippen MR) is 69.6 cm³/mol. The molecule has 17 heavy (non-hydrogen) atoms. The lowest BCUT2D eigenvalue weighted by Gasteiger charge is -2.09. The Balaban J connectivity index is 1.75. The number of hydrogen-bond acceptors (Lipinski definition) is 3. The topological polar surface area (TPSA) is 46.2 Å². The summed E-state index contributed by atoms with van der Waals surface area (Å²) in [6.07, 6.45) is 0.809. The zero-order chi connectivity index (χ0) is 12.3. The van der Waals surface area contributed by atoms with Crippen LogP contribution in [-0.2, 0) is 16.4 Å². The number of rotatable bonds is 4. The van der Waals surface area contributed by atoms with Crippen molar-refractivity contribution in [3.63, 3.8) is 0 Å². The molecule has 94 valence electrons. The van der Waals surface area contributed by atoms with Gasteiger partial charge in [-0.2, -0.15) is 0 Å². The molecule has 1 atom stereocenters. The van der Waals surface area contributed by atoms with E-state index in [0.29, 0.717) is 17.4 Å². The minimum absolute atomic E-state index is 0.297. The van der Waals surface area contributed by atoms with Crippen molar-refractivity contribution in [2.45, 2.75) is 19.9 Å². The van der Waals surface area contributed by atoms with Crippen molar-refractivity contribution in [2.75, 3.05) is 18.1 Å². The van der Waals surface area contributed by atoms with Crippen LogP contribution >= 0.6 is 0 Å². The second-order valence-electron chi connectivity index (χ2n) is 4.89. The lowest BCUT2D eigenvalue weighted by Crippen LogP contribution is -2.23. The van der Waals surface area contributed by atoms with Crippen LogP contribution in [0.3, 0.4) is 0 Å². The maximum atomic E-state index is 11.3. The van der Waals surface area contributed by atoms with Crippen LogP contribution in [0.15, 0.2) is 24.3 Å². The molecule has 0 radical (unpaired) electrons. The molecule has 1 aromatic carbocycles. The van der Waals surface area contributed by atoms with Crippen LogP contribution in [0.25, 0.3) is 0 Å². The van der Waals surface area contributed by atoms with Gasteiger partial charge in [0.1, 0.15) is 0 Å². The summed E-state index contributed by atoms with van der Waals surface area (Å²) in [7, 11) is -2.74. The summed E-state index contributed by atoms with van der Waals surface area (Å²) < 4.78 is 22.6. The Hall–Kier alpha value is -0.870. The summed E-state index contributed by atoms with van der Waals surface area (Å²) in [5, 5.41) is 3.34. The van der Waals surface area contributed by atoms with Crippen molar-refractivity contribution >= 4 is 9.84 Å². The minimum Gasteiger partial charge on any atom is -0.312 e. The first-order valence-electron chi connectivity index (χ1n) is 6.02. The Morgan fingerprint density at radius 1 is 1.29 bits per heavy atom. The van der Waals surface area contributed by atoms with Crippen LogP contribution in [0, 0.1) is 12.8 Å². The van der Waals surface area contributed by atoms with Gasteiger partial charge in [-0.05, 0) is 31.4 Å². The van der Waals surface area contributed by atoms with Gasteiger partial charge in [-0.15, -0.1) is 0 Å². The normalized spacial score (nSPS) is 22.8. The largest absolute Gasteiger partial charge is 0.312 e. The highest BCUT2D eigenvalue weighted by Crippen LogP contribution is 2.17. The average molecular weight is 253 g/mol. The quantitative estimate of drug-likeness (QED) is 0.885. The molecule has 0 bridgehead atoms. The molecule has 0 spiro atoms. The van der Waals surface area contributed by atoms with Gasteiger partial charge in [0.2, 0.25) is 0 Å². The van der Waals surface area contributed by atoms with Gasteiger partial charge in [0.25, 0.3) is 0 Å². The molecule has 1 aromatic rings. The summed E-state index contributed by atoms with van der Waals surface area (Å²) in [6, 6.07) is 8.40. The van der Waals surface area contributed by atoms with E-state index < -0.39 is 9.84 Å². The average Bonchev–Trinajstić information content (AvgIpc) is 2.61. The predicted octanol–water partition coefficient (Wildman–Crippen LogP) is 1.52. The minimum atomic E-state index is -2.74. The third kappa shape index (κ3) is 3.82. The fourth-order valence-corrected chi connectivity index (χ4v) is 4.02. The van der Waals surface area contributed by atoms with Crippen LogP contribution in [0.5, 0.6) is 0 Å². The number of aryl methyl sites for hydroxylation is 1. The zero-order valence-corrected chi connectivity index (χ0v) is 11.0. The van der Waals surface area contributed by atoms with Crippen LogP contribution in [0.2, 0.25) is 0 Å². The maximum Gasteiger partial charge on any atom is 0.150 e. The SMILES string of the molecule is Cc1ccc(CNCC2CCS(=O)(=O)C2)cc1. The molecule has 2 rings (SSSR count). The fourth-order valence-electron chi connectivity index (χ4n) is 2.16. The van der Waals surface area contributed by atoms with Crippen molar-refractivity contribution < 1.29 is 8.42 Å². The molecule has 1 aliphatic rings. The highest BCUT2D eigenvalue weighted by Gasteiger charge is 2.27. The smallest absolute Gasteiger partial charge is 0.150 e. The number of hydrogen-bond donors (Lipinski definition) is 1. The van der Waals surface area contributed by atoms with Crippen LogP contribution in [0.1, 0.15) is 17.5 Å². The van der Waals surface area contributed by atoms with Gasteiger partial charge in [0.05, 0.1) is 11.5 Å². The monoisotopic (exact) mass is 253 g/mol. The van der Waals surface area contributed by atoms with Crippen molar-refractivity contribution in [3.8, 4) is 0 Å². The van der Waals surface area contributed by atoms with Gasteiger partial charge >= 0.3 is 0 Å². The molecule has 3 nitrogen and oxygen atoms in total. The second-order valence-corrected chi connectivity index (χ2v) is 7.11. The summed E-state index contributed by atoms with van der Waals surface area (Å²) in [5.74, 6) is 1.02. The van der Waals surface area contributed by atoms with E-state index in [4.69, 9.17) is 0 Å². The summed E-state index contributed by atoms with van der Waals surface area (Å²) in [6.45, 7) is 3.69. The molecule has 1 aliphatic heterocycles. The highest BCUT2D eigenvalue weighted by atomic mass is 32.2. The first-order valence-corrected chi connectivity index (χ1v) is 7.84. The summed E-state index contributed by atoms with van der Waals surface area (Å²) in [5.41, 5.74) is 2.51. The van der Waals surface area contributed by atoms with E-state index in [1.807, 2.05) is 0 Å². The van der Waals surface area contributed by atoms with Gasteiger partial charge in [0, 0.05) is 6.54 Å². The van der Waals surface area contributed by atoms with Gasteiger partial charge in [-0.3, -0.25) is 0 Å². The van der Waals surface area contributed by atoms with E-state index in [1.165, 1.54) is 11.1 Å². The van der Waals surface area contributed by atoms with Crippen molar-refractivity contribution in [1.29, 1.82) is 0 Å². The molecular formula is C13H19NO2S. The third-order valence-corrected chi connectivity index (χ3v) is 5.05. The van der Waals surface area contributed by atoms with Crippen molar-refractivity contribution in [1.82, 2.24) is 5.32 Å². The zero-order valence-electron chi connectivity index (χ0n) is 10.1. The molecule has 0 aliphatic carbocycles. The third-order valence-electron chi connectivity index (χ3n) is 3.21. The maximum absolute atomic E-state index is 11.3. The van der Waals surface area contributed by atoms with Gasteiger partial charge in [-0.1, -0.05) is 29.8 Å². The van der Waals surface area contributed by atoms with E-state index in [0.717, 1.165) is 19.5 Å². The van der Waals surface area contributed by atoms with Crippen molar-refractivity contribution in [3.05, 3.63) is 35.4 Å². The molecule has 0 amide bonds. The Labute approximate surface area is 103 Å². The van der Waals surface area contributed by atoms with E-state index >= 15 is 0 Å². The van der Waals surface area contributed by atoms with E-state index in [-0.39, 0.29) is 0 Å².